The van der Waals surface area contributed by atoms with Gasteiger partial charge in [0.2, 0.25) is 0 Å². The van der Waals surface area contributed by atoms with Gasteiger partial charge in [0, 0.05) is 23.8 Å². The van der Waals surface area contributed by atoms with Crippen LogP contribution in [0.2, 0.25) is 0 Å². The van der Waals surface area contributed by atoms with E-state index in [1.54, 1.807) is 13.0 Å². The predicted octanol–water partition coefficient (Wildman–Crippen LogP) is 4.37. The minimum atomic E-state index is -4.43. The van der Waals surface area contributed by atoms with E-state index in [-0.39, 0.29) is 41.1 Å². The molecular weight excluding hydrogens is 447 g/mol. The molecule has 168 valence electrons. The standard InChI is InChI=1S/C21H18F3N3O4S/c1-2-31-17(28)16-11-25-10-7-13(16)12-26-19(30)27(18(29)20(26)8-9-20)14-3-5-15(6-4-14)32-21(22,23)24/h3-7,10-11H,2,8-9,12H2,1H3. The molecule has 1 aromatic carbocycles. The van der Waals surface area contributed by atoms with E-state index in [0.717, 1.165) is 4.90 Å². The minimum Gasteiger partial charge on any atom is -0.462 e. The van der Waals surface area contributed by atoms with E-state index in [1.807, 2.05) is 0 Å². The number of aromatic nitrogens is 1. The molecule has 1 aromatic heterocycles. The van der Waals surface area contributed by atoms with Gasteiger partial charge in [-0.25, -0.2) is 14.5 Å². The van der Waals surface area contributed by atoms with Crippen molar-refractivity contribution < 1.29 is 32.3 Å². The number of rotatable bonds is 6. The van der Waals surface area contributed by atoms with Crippen LogP contribution in [0.5, 0.6) is 0 Å². The van der Waals surface area contributed by atoms with Crippen molar-refractivity contribution in [2.75, 3.05) is 11.5 Å². The summed E-state index contributed by atoms with van der Waals surface area (Å²) in [7, 11) is 0. The molecule has 11 heteroatoms. The van der Waals surface area contributed by atoms with Crippen LogP contribution in [0.4, 0.5) is 23.7 Å². The van der Waals surface area contributed by atoms with Gasteiger partial charge in [0.05, 0.1) is 17.9 Å². The molecule has 3 amide bonds. The number of hydrogen-bond donors (Lipinski definition) is 0. The molecule has 2 aromatic rings. The molecule has 0 N–H and O–H groups in total. The lowest BCUT2D eigenvalue weighted by Crippen LogP contribution is -2.37. The van der Waals surface area contributed by atoms with Crippen molar-refractivity contribution in [1.82, 2.24) is 9.88 Å². The molecule has 1 saturated heterocycles. The Hall–Kier alpha value is -3.08. The summed E-state index contributed by atoms with van der Waals surface area (Å²) in [5, 5.41) is 0. The molecule has 0 bridgehead atoms. The van der Waals surface area contributed by atoms with Gasteiger partial charge >= 0.3 is 17.5 Å². The van der Waals surface area contributed by atoms with Gasteiger partial charge in [-0.05, 0) is 67.4 Å². The number of thioether (sulfide) groups is 1. The maximum atomic E-state index is 13.2. The summed E-state index contributed by atoms with van der Waals surface area (Å²) >= 11 is -0.272. The first-order chi connectivity index (χ1) is 15.2. The number of urea groups is 1. The van der Waals surface area contributed by atoms with Gasteiger partial charge in [0.25, 0.3) is 5.91 Å². The third-order valence-corrected chi connectivity index (χ3v) is 6.07. The number of halogens is 3. The number of anilines is 1. The molecule has 1 spiro atoms. The van der Waals surface area contributed by atoms with Crippen LogP contribution < -0.4 is 4.90 Å². The molecule has 4 rings (SSSR count). The fraction of sp³-hybridized carbons (Fsp3) is 0.333. The second kappa shape index (κ2) is 8.12. The van der Waals surface area contributed by atoms with Crippen LogP contribution in [0.3, 0.4) is 0 Å². The van der Waals surface area contributed by atoms with Gasteiger partial charge in [0.15, 0.2) is 0 Å². The Morgan fingerprint density at radius 2 is 1.88 bits per heavy atom. The Kier molecular flexibility index (Phi) is 5.61. The van der Waals surface area contributed by atoms with Crippen molar-refractivity contribution in [3.63, 3.8) is 0 Å². The van der Waals surface area contributed by atoms with Crippen LogP contribution in [-0.2, 0) is 16.1 Å². The summed E-state index contributed by atoms with van der Waals surface area (Å²) in [5.74, 6) is -1.00. The Morgan fingerprint density at radius 1 is 1.19 bits per heavy atom. The van der Waals surface area contributed by atoms with E-state index >= 15 is 0 Å². The number of carbonyl (C=O) groups is 3. The van der Waals surface area contributed by atoms with Gasteiger partial charge in [-0.2, -0.15) is 13.2 Å². The highest BCUT2D eigenvalue weighted by Gasteiger charge is 2.65. The molecule has 2 heterocycles. The topological polar surface area (TPSA) is 79.8 Å². The van der Waals surface area contributed by atoms with Crippen molar-refractivity contribution in [2.45, 2.75) is 42.3 Å². The minimum absolute atomic E-state index is 0.000248. The monoisotopic (exact) mass is 465 g/mol. The van der Waals surface area contributed by atoms with Crippen LogP contribution >= 0.6 is 11.8 Å². The van der Waals surface area contributed by atoms with Gasteiger partial charge in [-0.15, -0.1) is 0 Å². The zero-order chi connectivity index (χ0) is 23.1. The van der Waals surface area contributed by atoms with Crippen molar-refractivity contribution in [1.29, 1.82) is 0 Å². The fourth-order valence-corrected chi connectivity index (χ4v) is 4.22. The first-order valence-electron chi connectivity index (χ1n) is 9.78. The number of alkyl halides is 3. The first-order valence-corrected chi connectivity index (χ1v) is 10.6. The average Bonchev–Trinajstić information content (AvgIpc) is 3.51. The Balaban J connectivity index is 1.60. The first kappa shape index (κ1) is 22.1. The highest BCUT2D eigenvalue weighted by atomic mass is 32.2. The second-order valence-corrected chi connectivity index (χ2v) is 8.47. The summed E-state index contributed by atoms with van der Waals surface area (Å²) in [6, 6.07) is 6.08. The van der Waals surface area contributed by atoms with Crippen LogP contribution in [-0.4, -0.2) is 45.4 Å². The number of carbonyl (C=O) groups excluding carboxylic acids is 3. The van der Waals surface area contributed by atoms with E-state index in [0.29, 0.717) is 18.4 Å². The summed E-state index contributed by atoms with van der Waals surface area (Å²) in [6.45, 7) is 1.85. The van der Waals surface area contributed by atoms with Crippen LogP contribution in [0.1, 0.15) is 35.7 Å². The van der Waals surface area contributed by atoms with Crippen molar-refractivity contribution in [2.24, 2.45) is 0 Å². The number of benzene rings is 1. The highest BCUT2D eigenvalue weighted by Crippen LogP contribution is 2.50. The van der Waals surface area contributed by atoms with Gasteiger partial charge < -0.3 is 9.64 Å². The van der Waals surface area contributed by atoms with E-state index < -0.39 is 29.0 Å². The molecule has 0 unspecified atom stereocenters. The van der Waals surface area contributed by atoms with Gasteiger partial charge in [-0.3, -0.25) is 9.78 Å². The normalized spacial score (nSPS) is 17.2. The Morgan fingerprint density at radius 3 is 2.47 bits per heavy atom. The summed E-state index contributed by atoms with van der Waals surface area (Å²) in [6.07, 6.45) is 3.77. The Bertz CT molecular complexity index is 1070. The average molecular weight is 465 g/mol. The third-order valence-electron chi connectivity index (χ3n) is 5.33. The van der Waals surface area contributed by atoms with E-state index in [9.17, 15) is 27.6 Å². The molecule has 0 radical (unpaired) electrons. The maximum Gasteiger partial charge on any atom is 0.446 e. The fourth-order valence-electron chi connectivity index (χ4n) is 3.68. The quantitative estimate of drug-likeness (QED) is 0.358. The molecule has 32 heavy (non-hydrogen) atoms. The largest absolute Gasteiger partial charge is 0.462 e. The molecule has 1 aliphatic heterocycles. The Labute approximate surface area is 185 Å². The number of hydrogen-bond acceptors (Lipinski definition) is 6. The van der Waals surface area contributed by atoms with Crippen molar-refractivity contribution in [3.8, 4) is 0 Å². The van der Waals surface area contributed by atoms with Crippen LogP contribution in [0.15, 0.2) is 47.6 Å². The van der Waals surface area contributed by atoms with Crippen molar-refractivity contribution in [3.05, 3.63) is 53.9 Å². The van der Waals surface area contributed by atoms with E-state index in [2.05, 4.69) is 4.98 Å². The number of pyridine rings is 1. The lowest BCUT2D eigenvalue weighted by atomic mass is 10.1. The molecular formula is C21H18F3N3O4S. The lowest BCUT2D eigenvalue weighted by molar-refractivity contribution is -0.120. The molecule has 2 aliphatic rings. The number of imide groups is 1. The number of nitrogens with zero attached hydrogens (tertiary/aromatic N) is 3. The zero-order valence-electron chi connectivity index (χ0n) is 16.9. The molecule has 0 atom stereocenters. The number of ether oxygens (including phenoxy) is 1. The van der Waals surface area contributed by atoms with Crippen LogP contribution in [0, 0.1) is 0 Å². The second-order valence-electron chi connectivity index (χ2n) is 7.34. The van der Waals surface area contributed by atoms with Gasteiger partial charge in [-0.1, -0.05) is 0 Å². The van der Waals surface area contributed by atoms with Gasteiger partial charge in [0.1, 0.15) is 5.54 Å². The number of amides is 3. The van der Waals surface area contributed by atoms with E-state index in [4.69, 9.17) is 4.74 Å². The molecule has 1 aliphatic carbocycles. The molecule has 2 fully saturated rings. The molecule has 1 saturated carbocycles. The summed E-state index contributed by atoms with van der Waals surface area (Å²) in [5.41, 5.74) is -4.55. The zero-order valence-corrected chi connectivity index (χ0v) is 17.7. The van der Waals surface area contributed by atoms with E-state index in [1.165, 1.54) is 41.6 Å². The summed E-state index contributed by atoms with van der Waals surface area (Å²) in [4.78, 5) is 44.9. The smallest absolute Gasteiger partial charge is 0.446 e. The highest BCUT2D eigenvalue weighted by molar-refractivity contribution is 8.00. The van der Waals surface area contributed by atoms with Crippen LogP contribution in [0.25, 0.3) is 0 Å². The summed E-state index contributed by atoms with van der Waals surface area (Å²) < 4.78 is 42.8. The lowest BCUT2D eigenvalue weighted by Gasteiger charge is -2.22. The SMILES string of the molecule is CCOC(=O)c1cnccc1CN1C(=O)N(c2ccc(SC(F)(F)F)cc2)C(=O)C12CC2. The number of esters is 1. The maximum absolute atomic E-state index is 13.2. The predicted molar refractivity (Wildman–Crippen MR) is 109 cm³/mol. The third kappa shape index (κ3) is 4.04. The molecule has 7 nitrogen and oxygen atoms in total. The van der Waals surface area contributed by atoms with Crippen molar-refractivity contribution >= 4 is 35.4 Å².